The molecule has 0 bridgehead atoms. The fraction of sp³-hybridized carbons (Fsp3) is 0.462. The van der Waals surface area contributed by atoms with Gasteiger partial charge in [0, 0.05) is 18.7 Å². The second-order valence-electron chi connectivity index (χ2n) is 4.55. The van der Waals surface area contributed by atoms with E-state index < -0.39 is 17.7 Å². The highest BCUT2D eigenvalue weighted by molar-refractivity contribution is 5.79. The molecule has 1 heterocycles. The molecular weight excluding hydrogens is 240 g/mol. The predicted octanol–water partition coefficient (Wildman–Crippen LogP) is 1.49. The van der Waals surface area contributed by atoms with E-state index in [9.17, 15) is 18.7 Å². The van der Waals surface area contributed by atoms with Gasteiger partial charge in [0.05, 0.1) is 12.5 Å². The number of β-amino-alcohol motifs (C(OH)–C–C–N with tert-alkyl or cyclic N) is 1. The zero-order valence-electron chi connectivity index (χ0n) is 9.90. The minimum absolute atomic E-state index is 0.0556. The average molecular weight is 255 g/mol. The molecule has 0 aromatic heterocycles. The minimum atomic E-state index is -0.581. The molecule has 1 aromatic carbocycles. The Morgan fingerprint density at radius 3 is 2.94 bits per heavy atom. The van der Waals surface area contributed by atoms with Gasteiger partial charge in [0.2, 0.25) is 5.91 Å². The fourth-order valence-electron chi connectivity index (χ4n) is 2.13. The molecule has 18 heavy (non-hydrogen) atoms. The molecule has 98 valence electrons. The first-order valence-corrected chi connectivity index (χ1v) is 5.96. The average Bonchev–Trinajstić information content (AvgIpc) is 2.34. The summed E-state index contributed by atoms with van der Waals surface area (Å²) in [5, 5.41) is 9.47. The van der Waals surface area contributed by atoms with E-state index in [0.29, 0.717) is 13.0 Å². The third-order valence-corrected chi connectivity index (χ3v) is 3.10. The fourth-order valence-corrected chi connectivity index (χ4v) is 2.13. The summed E-state index contributed by atoms with van der Waals surface area (Å²) in [5.41, 5.74) is 0.0556. The molecule has 1 atom stereocenters. The Balaban J connectivity index is 2.04. The van der Waals surface area contributed by atoms with Crippen LogP contribution in [0, 0.1) is 11.6 Å². The van der Waals surface area contributed by atoms with Crippen LogP contribution in [0.2, 0.25) is 0 Å². The van der Waals surface area contributed by atoms with Gasteiger partial charge >= 0.3 is 0 Å². The van der Waals surface area contributed by atoms with E-state index in [1.807, 2.05) is 0 Å². The van der Waals surface area contributed by atoms with Crippen molar-refractivity contribution >= 4 is 5.91 Å². The van der Waals surface area contributed by atoms with Crippen molar-refractivity contribution in [2.24, 2.45) is 0 Å². The maximum Gasteiger partial charge on any atom is 0.227 e. The van der Waals surface area contributed by atoms with Crippen LogP contribution in [0.3, 0.4) is 0 Å². The van der Waals surface area contributed by atoms with E-state index in [0.717, 1.165) is 24.6 Å². The van der Waals surface area contributed by atoms with Crippen LogP contribution in [0.15, 0.2) is 18.2 Å². The molecule has 1 aromatic rings. The molecule has 1 aliphatic heterocycles. The van der Waals surface area contributed by atoms with Gasteiger partial charge in [-0.3, -0.25) is 4.79 Å². The maximum absolute atomic E-state index is 13.4. The second kappa shape index (κ2) is 5.44. The van der Waals surface area contributed by atoms with Crippen LogP contribution in [0.4, 0.5) is 8.78 Å². The van der Waals surface area contributed by atoms with Crippen molar-refractivity contribution in [3.63, 3.8) is 0 Å². The number of carbonyl (C=O) groups is 1. The minimum Gasteiger partial charge on any atom is -0.391 e. The summed E-state index contributed by atoms with van der Waals surface area (Å²) < 4.78 is 26.4. The standard InChI is InChI=1S/C13H15F2NO2/c14-10-3-4-12(15)9(6-10)7-13(18)16-5-1-2-11(17)8-16/h3-4,6,11,17H,1-2,5,7-8H2. The highest BCUT2D eigenvalue weighted by Gasteiger charge is 2.22. The van der Waals surface area contributed by atoms with Crippen LogP contribution >= 0.6 is 0 Å². The van der Waals surface area contributed by atoms with Crippen molar-refractivity contribution in [3.8, 4) is 0 Å². The molecule has 0 spiro atoms. The van der Waals surface area contributed by atoms with Crippen LogP contribution in [0.1, 0.15) is 18.4 Å². The molecule has 5 heteroatoms. The lowest BCUT2D eigenvalue weighted by Gasteiger charge is -2.30. The van der Waals surface area contributed by atoms with Crippen molar-refractivity contribution in [3.05, 3.63) is 35.4 Å². The lowest BCUT2D eigenvalue weighted by Crippen LogP contribution is -2.42. The second-order valence-corrected chi connectivity index (χ2v) is 4.55. The van der Waals surface area contributed by atoms with E-state index in [-0.39, 0.29) is 24.4 Å². The first-order valence-electron chi connectivity index (χ1n) is 5.96. The molecule has 3 nitrogen and oxygen atoms in total. The van der Waals surface area contributed by atoms with Crippen molar-refractivity contribution in [1.82, 2.24) is 4.90 Å². The summed E-state index contributed by atoms with van der Waals surface area (Å²) >= 11 is 0. The Morgan fingerprint density at radius 1 is 1.44 bits per heavy atom. The summed E-state index contributed by atoms with van der Waals surface area (Å²) in [5.74, 6) is -1.42. The largest absolute Gasteiger partial charge is 0.391 e. The number of likely N-dealkylation sites (tertiary alicyclic amines) is 1. The SMILES string of the molecule is O=C(Cc1cc(F)ccc1F)N1CCCC(O)C1. The lowest BCUT2D eigenvalue weighted by atomic mass is 10.1. The Kier molecular flexibility index (Phi) is 3.91. The third-order valence-electron chi connectivity index (χ3n) is 3.10. The number of piperidine rings is 1. The number of halogens is 2. The summed E-state index contributed by atoms with van der Waals surface area (Å²) in [4.78, 5) is 13.4. The topological polar surface area (TPSA) is 40.5 Å². The Labute approximate surface area is 104 Å². The molecule has 1 amide bonds. The van der Waals surface area contributed by atoms with E-state index in [2.05, 4.69) is 0 Å². The van der Waals surface area contributed by atoms with Crippen LogP contribution in [-0.4, -0.2) is 35.1 Å². The number of carbonyl (C=O) groups excluding carboxylic acids is 1. The number of benzene rings is 1. The molecule has 1 saturated heterocycles. The smallest absolute Gasteiger partial charge is 0.227 e. The van der Waals surface area contributed by atoms with Gasteiger partial charge in [0.1, 0.15) is 11.6 Å². The number of aliphatic hydroxyl groups excluding tert-OH is 1. The van der Waals surface area contributed by atoms with E-state index in [4.69, 9.17) is 0 Å². The van der Waals surface area contributed by atoms with Crippen LogP contribution in [0.5, 0.6) is 0 Å². The number of rotatable bonds is 2. The first kappa shape index (κ1) is 13.0. The van der Waals surface area contributed by atoms with Gasteiger partial charge in [-0.1, -0.05) is 0 Å². The van der Waals surface area contributed by atoms with Gasteiger partial charge in [-0.05, 0) is 31.0 Å². The van der Waals surface area contributed by atoms with Crippen molar-refractivity contribution in [2.75, 3.05) is 13.1 Å². The normalized spacial score (nSPS) is 19.9. The van der Waals surface area contributed by atoms with Gasteiger partial charge in [0.15, 0.2) is 0 Å². The summed E-state index contributed by atoms with van der Waals surface area (Å²) in [6.45, 7) is 0.836. The molecule has 2 rings (SSSR count). The summed E-state index contributed by atoms with van der Waals surface area (Å²) in [6, 6.07) is 3.07. The number of hydrogen-bond donors (Lipinski definition) is 1. The maximum atomic E-state index is 13.4. The van der Waals surface area contributed by atoms with Gasteiger partial charge in [-0.25, -0.2) is 8.78 Å². The molecule has 0 saturated carbocycles. The third kappa shape index (κ3) is 3.04. The van der Waals surface area contributed by atoms with E-state index in [1.165, 1.54) is 4.90 Å². The molecular formula is C13H15F2NO2. The molecule has 1 fully saturated rings. The molecule has 0 radical (unpaired) electrons. The number of amides is 1. The number of hydrogen-bond acceptors (Lipinski definition) is 2. The zero-order valence-corrected chi connectivity index (χ0v) is 9.90. The predicted molar refractivity (Wildman–Crippen MR) is 61.9 cm³/mol. The van der Waals surface area contributed by atoms with Gasteiger partial charge in [-0.2, -0.15) is 0 Å². The molecule has 1 aliphatic rings. The van der Waals surface area contributed by atoms with Crippen molar-refractivity contribution in [1.29, 1.82) is 0 Å². The lowest BCUT2D eigenvalue weighted by molar-refractivity contribution is -0.133. The Bertz CT molecular complexity index is 451. The number of nitrogens with zero attached hydrogens (tertiary/aromatic N) is 1. The first-order chi connectivity index (χ1) is 8.56. The Hall–Kier alpha value is -1.49. The van der Waals surface area contributed by atoms with Crippen molar-refractivity contribution < 1.29 is 18.7 Å². The Morgan fingerprint density at radius 2 is 2.22 bits per heavy atom. The van der Waals surface area contributed by atoms with Crippen LogP contribution < -0.4 is 0 Å². The molecule has 1 unspecified atom stereocenters. The van der Waals surface area contributed by atoms with Crippen LogP contribution in [0.25, 0.3) is 0 Å². The van der Waals surface area contributed by atoms with Gasteiger partial charge < -0.3 is 10.0 Å². The van der Waals surface area contributed by atoms with Gasteiger partial charge in [-0.15, -0.1) is 0 Å². The molecule has 1 N–H and O–H groups in total. The highest BCUT2D eigenvalue weighted by atomic mass is 19.1. The number of aliphatic hydroxyl groups is 1. The van der Waals surface area contributed by atoms with E-state index >= 15 is 0 Å². The summed E-state index contributed by atoms with van der Waals surface area (Å²) in [6.07, 6.45) is 0.729. The van der Waals surface area contributed by atoms with Crippen LogP contribution in [-0.2, 0) is 11.2 Å². The zero-order chi connectivity index (χ0) is 13.1. The van der Waals surface area contributed by atoms with Gasteiger partial charge in [0.25, 0.3) is 0 Å². The highest BCUT2D eigenvalue weighted by Crippen LogP contribution is 2.14. The van der Waals surface area contributed by atoms with Crippen molar-refractivity contribution in [2.45, 2.75) is 25.4 Å². The quantitative estimate of drug-likeness (QED) is 0.869. The monoisotopic (exact) mass is 255 g/mol. The summed E-state index contributed by atoms with van der Waals surface area (Å²) in [7, 11) is 0. The van der Waals surface area contributed by atoms with E-state index in [1.54, 1.807) is 0 Å². The molecule has 0 aliphatic carbocycles.